The van der Waals surface area contributed by atoms with Gasteiger partial charge in [-0.05, 0) is 31.2 Å². The number of Topliss-reactive ketones (excluding diaryl/α,β-unsaturated/α-hetero) is 1. The Morgan fingerprint density at radius 3 is 2.32 bits per heavy atom. The minimum atomic E-state index is -0.851. The quantitative estimate of drug-likeness (QED) is 0.799. The van der Waals surface area contributed by atoms with Crippen molar-refractivity contribution < 1.29 is 23.8 Å². The van der Waals surface area contributed by atoms with Crippen LogP contribution in [0.15, 0.2) is 48.5 Å². The first kappa shape index (κ1) is 16.0. The van der Waals surface area contributed by atoms with Gasteiger partial charge in [-0.25, -0.2) is 4.39 Å². The molecule has 0 spiro atoms. The molecule has 0 aliphatic heterocycles. The molecule has 0 radical (unpaired) electrons. The van der Waals surface area contributed by atoms with Crippen molar-refractivity contribution in [2.45, 2.75) is 13.0 Å². The van der Waals surface area contributed by atoms with E-state index in [0.717, 1.165) is 6.07 Å². The first-order valence-electron chi connectivity index (χ1n) is 6.85. The smallest absolute Gasteiger partial charge is 0.162 e. The third kappa shape index (κ3) is 4.56. The van der Waals surface area contributed by atoms with E-state index in [-0.39, 0.29) is 30.3 Å². The molecule has 1 N–H and O–H groups in total. The Hall–Kier alpha value is -2.40. The Morgan fingerprint density at radius 2 is 1.73 bits per heavy atom. The summed E-state index contributed by atoms with van der Waals surface area (Å²) in [7, 11) is 0. The van der Waals surface area contributed by atoms with E-state index >= 15 is 0 Å². The number of halogens is 1. The normalized spacial score (nSPS) is 11.8. The number of ether oxygens (including phenoxy) is 2. The number of para-hydroxylation sites is 1. The molecule has 0 unspecified atom stereocenters. The van der Waals surface area contributed by atoms with Crippen LogP contribution in [0.5, 0.6) is 11.5 Å². The van der Waals surface area contributed by atoms with E-state index in [4.69, 9.17) is 9.47 Å². The highest BCUT2D eigenvalue weighted by Gasteiger charge is 2.10. The summed E-state index contributed by atoms with van der Waals surface area (Å²) in [5.74, 6) is -0.0833. The summed E-state index contributed by atoms with van der Waals surface area (Å²) in [5.41, 5.74) is 0.0142. The fourth-order valence-electron chi connectivity index (χ4n) is 1.82. The molecule has 116 valence electrons. The van der Waals surface area contributed by atoms with Crippen molar-refractivity contribution in [1.82, 2.24) is 0 Å². The van der Waals surface area contributed by atoms with E-state index in [1.54, 1.807) is 12.1 Å². The predicted molar refractivity (Wildman–Crippen MR) is 79.8 cm³/mol. The van der Waals surface area contributed by atoms with Gasteiger partial charge in [0, 0.05) is 6.07 Å². The zero-order chi connectivity index (χ0) is 15.9. The van der Waals surface area contributed by atoms with Gasteiger partial charge in [-0.15, -0.1) is 0 Å². The van der Waals surface area contributed by atoms with E-state index in [0.29, 0.717) is 5.75 Å². The molecule has 2 aromatic carbocycles. The van der Waals surface area contributed by atoms with Crippen molar-refractivity contribution in [3.05, 3.63) is 59.9 Å². The second-order valence-electron chi connectivity index (χ2n) is 4.79. The van der Waals surface area contributed by atoms with Crippen LogP contribution < -0.4 is 9.47 Å². The number of benzene rings is 2. The van der Waals surface area contributed by atoms with Crippen molar-refractivity contribution in [2.24, 2.45) is 0 Å². The maximum absolute atomic E-state index is 13.6. The third-order valence-corrected chi connectivity index (χ3v) is 2.95. The van der Waals surface area contributed by atoms with Gasteiger partial charge >= 0.3 is 0 Å². The Balaban J connectivity index is 1.82. The highest BCUT2D eigenvalue weighted by atomic mass is 19.1. The molecule has 0 aromatic heterocycles. The van der Waals surface area contributed by atoms with Gasteiger partial charge in [0.1, 0.15) is 36.6 Å². The van der Waals surface area contributed by atoms with Crippen LogP contribution in [0.2, 0.25) is 0 Å². The Labute approximate surface area is 128 Å². The Morgan fingerprint density at radius 1 is 1.09 bits per heavy atom. The molecular formula is C17H17FO4. The molecule has 0 bridgehead atoms. The van der Waals surface area contributed by atoms with Crippen molar-refractivity contribution in [3.63, 3.8) is 0 Å². The number of ketones is 1. The Kier molecular flexibility index (Phi) is 5.49. The molecule has 0 aliphatic rings. The number of aliphatic hydroxyl groups is 1. The summed E-state index contributed by atoms with van der Waals surface area (Å²) < 4.78 is 24.3. The number of rotatable bonds is 7. The lowest BCUT2D eigenvalue weighted by Crippen LogP contribution is -2.25. The Bertz CT molecular complexity index is 628. The summed E-state index contributed by atoms with van der Waals surface area (Å²) in [6.45, 7) is 1.33. The summed E-state index contributed by atoms with van der Waals surface area (Å²) >= 11 is 0. The molecule has 2 aromatic rings. The second-order valence-corrected chi connectivity index (χ2v) is 4.79. The number of carbonyl (C=O) groups is 1. The van der Waals surface area contributed by atoms with E-state index in [9.17, 15) is 14.3 Å². The van der Waals surface area contributed by atoms with Gasteiger partial charge in [0.15, 0.2) is 5.78 Å². The molecule has 22 heavy (non-hydrogen) atoms. The third-order valence-electron chi connectivity index (χ3n) is 2.95. The molecule has 0 aliphatic carbocycles. The van der Waals surface area contributed by atoms with Crippen LogP contribution in [0.4, 0.5) is 4.39 Å². The minimum absolute atomic E-state index is 0.0142. The summed E-state index contributed by atoms with van der Waals surface area (Å²) in [4.78, 5) is 11.1. The van der Waals surface area contributed by atoms with Crippen LogP contribution >= 0.6 is 0 Å². The largest absolute Gasteiger partial charge is 0.491 e. The van der Waals surface area contributed by atoms with E-state index in [2.05, 4.69) is 0 Å². The highest BCUT2D eigenvalue weighted by Crippen LogP contribution is 2.17. The molecule has 0 amide bonds. The molecular weight excluding hydrogens is 287 g/mol. The monoisotopic (exact) mass is 304 g/mol. The molecule has 5 heteroatoms. The van der Waals surface area contributed by atoms with E-state index < -0.39 is 11.9 Å². The number of hydrogen-bond acceptors (Lipinski definition) is 4. The fourth-order valence-corrected chi connectivity index (χ4v) is 1.82. The lowest BCUT2D eigenvalue weighted by atomic mass is 10.1. The zero-order valence-corrected chi connectivity index (χ0v) is 12.2. The summed E-state index contributed by atoms with van der Waals surface area (Å²) in [6, 6.07) is 13.1. The molecule has 0 saturated carbocycles. The van der Waals surface area contributed by atoms with Crippen LogP contribution in [-0.4, -0.2) is 30.2 Å². The van der Waals surface area contributed by atoms with Crippen LogP contribution in [0.1, 0.15) is 17.3 Å². The van der Waals surface area contributed by atoms with Gasteiger partial charge in [-0.1, -0.05) is 18.2 Å². The van der Waals surface area contributed by atoms with Crippen molar-refractivity contribution in [3.8, 4) is 11.5 Å². The lowest BCUT2D eigenvalue weighted by Gasteiger charge is -2.14. The van der Waals surface area contributed by atoms with Crippen LogP contribution in [0, 0.1) is 5.82 Å². The first-order chi connectivity index (χ1) is 10.6. The standard InChI is InChI=1S/C17H17FO4/c1-12(19)16-8-7-15(9-17(16)18)22-11-13(20)10-21-14-5-3-2-4-6-14/h2-9,13,20H,10-11H2,1H3/t13-/m0/s1. The molecule has 0 fully saturated rings. The summed E-state index contributed by atoms with van der Waals surface area (Å²) in [6.07, 6.45) is -0.851. The van der Waals surface area contributed by atoms with Gasteiger partial charge < -0.3 is 14.6 Å². The van der Waals surface area contributed by atoms with Crippen LogP contribution in [0.25, 0.3) is 0 Å². The van der Waals surface area contributed by atoms with Crippen LogP contribution in [-0.2, 0) is 0 Å². The number of aliphatic hydroxyl groups excluding tert-OH is 1. The fraction of sp³-hybridized carbons (Fsp3) is 0.235. The van der Waals surface area contributed by atoms with E-state index in [1.165, 1.54) is 19.1 Å². The van der Waals surface area contributed by atoms with Gasteiger partial charge in [0.05, 0.1) is 5.56 Å². The van der Waals surface area contributed by atoms with Gasteiger partial charge in [-0.3, -0.25) is 4.79 Å². The molecule has 4 nitrogen and oxygen atoms in total. The maximum atomic E-state index is 13.6. The predicted octanol–water partition coefficient (Wildman–Crippen LogP) is 2.85. The van der Waals surface area contributed by atoms with Crippen molar-refractivity contribution >= 4 is 5.78 Å². The SMILES string of the molecule is CC(=O)c1ccc(OC[C@@H](O)COc2ccccc2)cc1F. The average Bonchev–Trinajstić information content (AvgIpc) is 2.51. The molecule has 0 heterocycles. The first-order valence-corrected chi connectivity index (χ1v) is 6.85. The second kappa shape index (κ2) is 7.56. The number of carbonyl (C=O) groups excluding carboxylic acids is 1. The summed E-state index contributed by atoms with van der Waals surface area (Å²) in [5, 5.41) is 9.79. The molecule has 2 rings (SSSR count). The molecule has 0 saturated heterocycles. The topological polar surface area (TPSA) is 55.8 Å². The van der Waals surface area contributed by atoms with Crippen molar-refractivity contribution in [2.75, 3.05) is 13.2 Å². The van der Waals surface area contributed by atoms with Crippen molar-refractivity contribution in [1.29, 1.82) is 0 Å². The van der Waals surface area contributed by atoms with Gasteiger partial charge in [0.2, 0.25) is 0 Å². The average molecular weight is 304 g/mol. The van der Waals surface area contributed by atoms with Gasteiger partial charge in [-0.2, -0.15) is 0 Å². The zero-order valence-electron chi connectivity index (χ0n) is 12.2. The van der Waals surface area contributed by atoms with Gasteiger partial charge in [0.25, 0.3) is 0 Å². The van der Waals surface area contributed by atoms with E-state index in [1.807, 2.05) is 18.2 Å². The van der Waals surface area contributed by atoms with Crippen LogP contribution in [0.3, 0.4) is 0 Å². The lowest BCUT2D eigenvalue weighted by molar-refractivity contribution is 0.0625. The number of hydrogen-bond donors (Lipinski definition) is 1. The maximum Gasteiger partial charge on any atom is 0.162 e. The molecule has 1 atom stereocenters. The highest BCUT2D eigenvalue weighted by molar-refractivity contribution is 5.94. The minimum Gasteiger partial charge on any atom is -0.491 e.